The highest BCUT2D eigenvalue weighted by molar-refractivity contribution is 6.08. The van der Waals surface area contributed by atoms with Crippen LogP contribution in [0.3, 0.4) is 0 Å². The molecule has 2 aromatic carbocycles. The maximum absolute atomic E-state index is 15.3. The van der Waals surface area contributed by atoms with E-state index in [1.807, 2.05) is 0 Å². The molecule has 5 aromatic rings. The van der Waals surface area contributed by atoms with Gasteiger partial charge >= 0.3 is 12.2 Å². The fraction of sp³-hybridized carbons (Fsp3) is 0.324. The van der Waals surface area contributed by atoms with Crippen LogP contribution in [0, 0.1) is 17.5 Å². The summed E-state index contributed by atoms with van der Waals surface area (Å²) in [6.07, 6.45) is 1.66. The number of imide groups is 1. The Bertz CT molecular complexity index is 2000. The second-order valence-electron chi connectivity index (χ2n) is 13.4. The zero-order valence-corrected chi connectivity index (χ0v) is 27.6. The third-order valence-corrected chi connectivity index (χ3v) is 6.88. The quantitative estimate of drug-likeness (QED) is 0.165. The number of alkyl halides is 2. The van der Waals surface area contributed by atoms with Crippen LogP contribution in [0.2, 0.25) is 0 Å². The van der Waals surface area contributed by atoms with Crippen molar-refractivity contribution in [1.29, 1.82) is 0 Å². The molecular formula is C34H33F5N6O4. The number of carbonyl (C=O) groups is 2. The Morgan fingerprint density at radius 2 is 1.43 bits per heavy atom. The van der Waals surface area contributed by atoms with Crippen LogP contribution in [-0.4, -0.2) is 53.7 Å². The van der Waals surface area contributed by atoms with Crippen molar-refractivity contribution < 1.29 is 41.0 Å². The third kappa shape index (κ3) is 7.87. The van der Waals surface area contributed by atoms with Gasteiger partial charge in [0.15, 0.2) is 17.3 Å². The minimum atomic E-state index is -3.32. The van der Waals surface area contributed by atoms with Crippen molar-refractivity contribution in [2.75, 3.05) is 4.90 Å². The van der Waals surface area contributed by atoms with Crippen molar-refractivity contribution in [2.24, 2.45) is 0 Å². The van der Waals surface area contributed by atoms with E-state index in [1.54, 1.807) is 41.5 Å². The van der Waals surface area contributed by atoms with Gasteiger partial charge in [-0.1, -0.05) is 12.1 Å². The van der Waals surface area contributed by atoms with Gasteiger partial charge in [0.25, 0.3) is 11.9 Å². The second kappa shape index (κ2) is 12.6. The van der Waals surface area contributed by atoms with E-state index < -0.39 is 58.8 Å². The van der Waals surface area contributed by atoms with Gasteiger partial charge in [-0.05, 0) is 94.6 Å². The number of benzene rings is 2. The number of hydrogen-bond acceptors (Lipinski definition) is 7. The van der Waals surface area contributed by atoms with Crippen LogP contribution in [-0.2, 0) is 9.47 Å². The largest absolute Gasteiger partial charge is 0.443 e. The molecule has 0 bridgehead atoms. The Labute approximate surface area is 278 Å². The van der Waals surface area contributed by atoms with Crippen molar-refractivity contribution in [3.63, 3.8) is 0 Å². The predicted octanol–water partition coefficient (Wildman–Crippen LogP) is 8.60. The van der Waals surface area contributed by atoms with Crippen molar-refractivity contribution in [1.82, 2.24) is 24.4 Å². The van der Waals surface area contributed by atoms with E-state index in [0.29, 0.717) is 11.8 Å². The Hall–Kier alpha value is -5.34. The molecule has 0 aliphatic heterocycles. The lowest BCUT2D eigenvalue weighted by Crippen LogP contribution is -2.44. The predicted molar refractivity (Wildman–Crippen MR) is 170 cm³/mol. The van der Waals surface area contributed by atoms with Gasteiger partial charge in [-0.15, -0.1) is 10.00 Å². The number of pyridine rings is 1. The molecule has 15 heteroatoms. The molecule has 0 saturated carbocycles. The summed E-state index contributed by atoms with van der Waals surface area (Å²) >= 11 is 0. The molecule has 1 unspecified atom stereocenters. The van der Waals surface area contributed by atoms with E-state index in [2.05, 4.69) is 15.2 Å². The second-order valence-corrected chi connectivity index (χ2v) is 13.4. The van der Waals surface area contributed by atoms with Gasteiger partial charge in [-0.25, -0.2) is 36.1 Å². The van der Waals surface area contributed by atoms with Gasteiger partial charge in [0.05, 0.1) is 6.20 Å². The lowest BCUT2D eigenvalue weighted by molar-refractivity contribution is -0.0217. The molecule has 0 saturated heterocycles. The van der Waals surface area contributed by atoms with Crippen molar-refractivity contribution in [2.45, 2.75) is 71.6 Å². The van der Waals surface area contributed by atoms with E-state index in [-0.39, 0.29) is 33.5 Å². The van der Waals surface area contributed by atoms with Crippen LogP contribution in [0.15, 0.2) is 67.1 Å². The van der Waals surface area contributed by atoms with Crippen molar-refractivity contribution in [3.05, 3.63) is 90.1 Å². The Morgan fingerprint density at radius 1 is 0.816 bits per heavy atom. The smallest absolute Gasteiger partial charge is 0.427 e. The number of halogens is 5. The summed E-state index contributed by atoms with van der Waals surface area (Å²) in [5.74, 6) is -6.74. The first-order valence-electron chi connectivity index (χ1n) is 15.0. The van der Waals surface area contributed by atoms with Crippen LogP contribution in [0.5, 0.6) is 0 Å². The van der Waals surface area contributed by atoms with Crippen LogP contribution < -0.4 is 4.90 Å². The highest BCUT2D eigenvalue weighted by Crippen LogP contribution is 2.37. The van der Waals surface area contributed by atoms with E-state index in [0.717, 1.165) is 22.9 Å². The first-order chi connectivity index (χ1) is 22.7. The lowest BCUT2D eigenvalue weighted by Gasteiger charge is -2.26. The number of rotatable bonds is 6. The molecular weight excluding hydrogens is 651 g/mol. The number of ether oxygens (including phenoxy) is 2. The van der Waals surface area contributed by atoms with Gasteiger partial charge < -0.3 is 9.47 Å². The summed E-state index contributed by atoms with van der Waals surface area (Å²) in [6, 6.07) is 7.93. The summed E-state index contributed by atoms with van der Waals surface area (Å²) in [5.41, 5.74) is -1.56. The summed E-state index contributed by atoms with van der Waals surface area (Å²) < 4.78 is 86.3. The number of carbonyl (C=O) groups excluding carboxylic acids is 2. The summed E-state index contributed by atoms with van der Waals surface area (Å²) in [7, 11) is 0. The summed E-state index contributed by atoms with van der Waals surface area (Å²) in [4.78, 5) is 30.9. The van der Waals surface area contributed by atoms with E-state index in [9.17, 15) is 22.8 Å². The number of anilines is 1. The molecule has 10 nitrogen and oxygen atoms in total. The summed E-state index contributed by atoms with van der Waals surface area (Å²) in [5, 5.41) is 8.26. The average Bonchev–Trinajstić information content (AvgIpc) is 3.60. The molecule has 0 N–H and O–H groups in total. The number of amides is 2. The van der Waals surface area contributed by atoms with Gasteiger partial charge in [0.1, 0.15) is 23.1 Å². The van der Waals surface area contributed by atoms with Gasteiger partial charge in [0, 0.05) is 30.4 Å². The SMILES string of the molecule is CC(C)(C)OC(=O)N(C(=O)OC(C)(C)C)c1nc2cc(-c3cc(-c4cnn(C(c5ccc(F)cc5)C(C)(F)F)c4)cc(F)c3F)ccn2n1. The fourth-order valence-corrected chi connectivity index (χ4v) is 4.90. The van der Waals surface area contributed by atoms with Gasteiger partial charge in [0.2, 0.25) is 0 Å². The van der Waals surface area contributed by atoms with E-state index >= 15 is 8.78 Å². The van der Waals surface area contributed by atoms with Crippen molar-refractivity contribution in [3.8, 4) is 22.3 Å². The first-order valence-corrected chi connectivity index (χ1v) is 15.0. The maximum Gasteiger partial charge on any atom is 0.427 e. The van der Waals surface area contributed by atoms with Crippen LogP contribution in [0.4, 0.5) is 37.5 Å². The molecule has 0 radical (unpaired) electrons. The van der Waals surface area contributed by atoms with Crippen LogP contribution >= 0.6 is 0 Å². The number of aromatic nitrogens is 5. The zero-order chi connectivity index (χ0) is 36.1. The van der Waals surface area contributed by atoms with E-state index in [1.165, 1.54) is 53.4 Å². The first kappa shape index (κ1) is 35.0. The topological polar surface area (TPSA) is 104 Å². The third-order valence-electron chi connectivity index (χ3n) is 6.88. The minimum Gasteiger partial charge on any atom is -0.443 e. The van der Waals surface area contributed by atoms with Crippen molar-refractivity contribution >= 4 is 23.8 Å². The monoisotopic (exact) mass is 684 g/mol. The number of fused-ring (bicyclic) bond motifs is 1. The highest BCUT2D eigenvalue weighted by Gasteiger charge is 2.38. The molecule has 0 fully saturated rings. The van der Waals surface area contributed by atoms with Gasteiger partial charge in [-0.2, -0.15) is 10.1 Å². The Morgan fingerprint density at radius 3 is 2.00 bits per heavy atom. The molecule has 258 valence electrons. The lowest BCUT2D eigenvalue weighted by atomic mass is 10.00. The van der Waals surface area contributed by atoms with Crippen LogP contribution in [0.25, 0.3) is 27.9 Å². The Kier molecular flexibility index (Phi) is 8.99. The number of hydrogen-bond donors (Lipinski definition) is 0. The standard InChI is InChI=1S/C34H33F5N6O4/c1-32(2,3)48-30(46)45(31(47)49-33(4,5)6)29-41-26-16-20(12-13-43(26)42-29)24-14-21(15-25(36)27(24)37)22-17-40-44(18-22)28(34(7,38)39)19-8-10-23(35)11-9-19/h8-18,28H,1-7H3. The average molecular weight is 685 g/mol. The molecule has 0 aliphatic rings. The van der Waals surface area contributed by atoms with E-state index in [4.69, 9.17) is 9.47 Å². The molecule has 1 atom stereocenters. The summed E-state index contributed by atoms with van der Waals surface area (Å²) in [6.45, 7) is 10.3. The fourth-order valence-electron chi connectivity index (χ4n) is 4.90. The zero-order valence-electron chi connectivity index (χ0n) is 27.6. The van der Waals surface area contributed by atoms with Gasteiger partial charge in [-0.3, -0.25) is 4.68 Å². The highest BCUT2D eigenvalue weighted by atomic mass is 19.3. The molecule has 0 spiro atoms. The maximum atomic E-state index is 15.3. The molecule has 2 amide bonds. The number of nitrogens with zero attached hydrogens (tertiary/aromatic N) is 6. The minimum absolute atomic E-state index is 0.0509. The van der Waals surface area contributed by atoms with Crippen LogP contribution in [0.1, 0.15) is 60.1 Å². The molecule has 0 aliphatic carbocycles. The molecule has 5 rings (SSSR count). The normalized spacial score (nSPS) is 13.0. The molecule has 3 aromatic heterocycles. The molecule has 3 heterocycles. The molecule has 49 heavy (non-hydrogen) atoms. The Balaban J connectivity index is 1.53.